The quantitative estimate of drug-likeness (QED) is 0.814. The molecule has 0 N–H and O–H groups in total. The molecule has 0 unspecified atom stereocenters. The molecular formula is C13H12N2OS. The van der Waals surface area contributed by atoms with E-state index in [-0.39, 0.29) is 0 Å². The zero-order chi connectivity index (χ0) is 12.4. The SMILES string of the molecule is COc1cc(C)c(C)cc1-c1ncsc1C#N. The molecule has 2 rings (SSSR count). The Balaban J connectivity index is 2.67. The number of aryl methyl sites for hydroxylation is 2. The van der Waals surface area contributed by atoms with E-state index in [0.717, 1.165) is 16.9 Å². The lowest BCUT2D eigenvalue weighted by atomic mass is 10.0. The molecule has 0 saturated heterocycles. The highest BCUT2D eigenvalue weighted by Crippen LogP contribution is 2.34. The highest BCUT2D eigenvalue weighted by Gasteiger charge is 2.14. The van der Waals surface area contributed by atoms with Crippen LogP contribution in [-0.2, 0) is 0 Å². The number of nitrogens with zero attached hydrogens (tertiary/aromatic N) is 2. The van der Waals surface area contributed by atoms with E-state index >= 15 is 0 Å². The number of rotatable bonds is 2. The molecule has 0 aliphatic rings. The maximum absolute atomic E-state index is 9.04. The molecule has 0 spiro atoms. The minimum Gasteiger partial charge on any atom is -0.496 e. The van der Waals surface area contributed by atoms with Gasteiger partial charge in [-0.2, -0.15) is 5.26 Å². The molecule has 0 saturated carbocycles. The standard InChI is InChI=1S/C13H12N2OS/c1-8-4-10(11(16-3)5-9(8)2)13-12(6-14)17-7-15-13/h4-5,7H,1-3H3. The second-order valence-corrected chi connectivity index (χ2v) is 4.63. The maximum atomic E-state index is 9.04. The lowest BCUT2D eigenvalue weighted by Gasteiger charge is -2.10. The average molecular weight is 244 g/mol. The van der Waals surface area contributed by atoms with Crippen molar-refractivity contribution in [3.05, 3.63) is 33.6 Å². The highest BCUT2D eigenvalue weighted by molar-refractivity contribution is 7.10. The molecule has 1 heterocycles. The van der Waals surface area contributed by atoms with E-state index in [1.807, 2.05) is 26.0 Å². The molecule has 0 radical (unpaired) electrons. The summed E-state index contributed by atoms with van der Waals surface area (Å²) < 4.78 is 5.36. The van der Waals surface area contributed by atoms with Crippen molar-refractivity contribution in [3.8, 4) is 23.1 Å². The van der Waals surface area contributed by atoms with Crippen LogP contribution in [0.3, 0.4) is 0 Å². The van der Waals surface area contributed by atoms with E-state index in [9.17, 15) is 0 Å². The molecule has 0 bridgehead atoms. The van der Waals surface area contributed by atoms with Gasteiger partial charge in [0, 0.05) is 5.56 Å². The predicted molar refractivity (Wildman–Crippen MR) is 68.3 cm³/mol. The Bertz CT molecular complexity index is 596. The number of ether oxygens (including phenoxy) is 1. The van der Waals surface area contributed by atoms with Gasteiger partial charge in [0.2, 0.25) is 0 Å². The van der Waals surface area contributed by atoms with Crippen LogP contribution in [0, 0.1) is 25.2 Å². The summed E-state index contributed by atoms with van der Waals surface area (Å²) in [6.45, 7) is 4.07. The topological polar surface area (TPSA) is 45.9 Å². The maximum Gasteiger partial charge on any atom is 0.132 e. The van der Waals surface area contributed by atoms with Crippen LogP contribution in [0.25, 0.3) is 11.3 Å². The van der Waals surface area contributed by atoms with Crippen molar-refractivity contribution in [2.75, 3.05) is 7.11 Å². The van der Waals surface area contributed by atoms with Gasteiger partial charge in [-0.3, -0.25) is 0 Å². The monoisotopic (exact) mass is 244 g/mol. The van der Waals surface area contributed by atoms with Crippen LogP contribution in [0.1, 0.15) is 16.0 Å². The summed E-state index contributed by atoms with van der Waals surface area (Å²) in [4.78, 5) is 4.87. The second-order valence-electron chi connectivity index (χ2n) is 3.78. The van der Waals surface area contributed by atoms with Gasteiger partial charge >= 0.3 is 0 Å². The fraction of sp³-hybridized carbons (Fsp3) is 0.231. The van der Waals surface area contributed by atoms with Crippen molar-refractivity contribution in [1.29, 1.82) is 5.26 Å². The van der Waals surface area contributed by atoms with E-state index < -0.39 is 0 Å². The highest BCUT2D eigenvalue weighted by atomic mass is 32.1. The van der Waals surface area contributed by atoms with Crippen molar-refractivity contribution in [2.45, 2.75) is 13.8 Å². The van der Waals surface area contributed by atoms with Crippen molar-refractivity contribution in [3.63, 3.8) is 0 Å². The number of nitriles is 1. The molecule has 2 aromatic rings. The molecule has 0 aliphatic carbocycles. The van der Waals surface area contributed by atoms with E-state index in [4.69, 9.17) is 10.00 Å². The molecule has 1 aromatic carbocycles. The summed E-state index contributed by atoms with van der Waals surface area (Å²) in [5, 5.41) is 9.04. The molecule has 3 nitrogen and oxygen atoms in total. The largest absolute Gasteiger partial charge is 0.496 e. The van der Waals surface area contributed by atoms with Gasteiger partial charge in [0.05, 0.1) is 12.6 Å². The minimum absolute atomic E-state index is 0.617. The van der Waals surface area contributed by atoms with E-state index in [1.54, 1.807) is 12.6 Å². The second kappa shape index (κ2) is 4.56. The number of aromatic nitrogens is 1. The van der Waals surface area contributed by atoms with Gasteiger partial charge in [0.1, 0.15) is 22.4 Å². The summed E-state index contributed by atoms with van der Waals surface area (Å²) in [5.74, 6) is 0.760. The Morgan fingerprint density at radius 1 is 1.29 bits per heavy atom. The average Bonchev–Trinajstić information content (AvgIpc) is 2.80. The van der Waals surface area contributed by atoms with E-state index in [1.165, 1.54) is 16.9 Å². The van der Waals surface area contributed by atoms with Crippen molar-refractivity contribution in [2.24, 2.45) is 0 Å². The van der Waals surface area contributed by atoms with Gasteiger partial charge in [0.15, 0.2) is 0 Å². The van der Waals surface area contributed by atoms with Crippen LogP contribution in [0.2, 0.25) is 0 Å². The summed E-state index contributed by atoms with van der Waals surface area (Å²) in [6.07, 6.45) is 0. The Kier molecular flexibility index (Phi) is 3.12. The molecule has 0 amide bonds. The first-order valence-electron chi connectivity index (χ1n) is 5.16. The number of benzene rings is 1. The van der Waals surface area contributed by atoms with Crippen LogP contribution in [0.5, 0.6) is 5.75 Å². The van der Waals surface area contributed by atoms with Crippen LogP contribution in [-0.4, -0.2) is 12.1 Å². The molecule has 0 fully saturated rings. The smallest absolute Gasteiger partial charge is 0.132 e. The summed E-state index contributed by atoms with van der Waals surface area (Å²) >= 11 is 1.35. The third kappa shape index (κ3) is 2.02. The molecule has 0 aliphatic heterocycles. The van der Waals surface area contributed by atoms with Gasteiger partial charge < -0.3 is 4.74 Å². The van der Waals surface area contributed by atoms with E-state index in [2.05, 4.69) is 11.1 Å². The Labute approximate surface area is 104 Å². The van der Waals surface area contributed by atoms with Crippen LogP contribution < -0.4 is 4.74 Å². The Morgan fingerprint density at radius 3 is 2.65 bits per heavy atom. The molecular weight excluding hydrogens is 232 g/mol. The Hall–Kier alpha value is -1.86. The summed E-state index contributed by atoms with van der Waals surface area (Å²) in [7, 11) is 1.63. The summed E-state index contributed by atoms with van der Waals surface area (Å²) in [5.41, 5.74) is 5.60. The zero-order valence-corrected chi connectivity index (χ0v) is 10.8. The lowest BCUT2D eigenvalue weighted by molar-refractivity contribution is 0.416. The Morgan fingerprint density at radius 2 is 2.00 bits per heavy atom. The number of hydrogen-bond acceptors (Lipinski definition) is 4. The van der Waals surface area contributed by atoms with Gasteiger partial charge in [-0.25, -0.2) is 4.98 Å². The van der Waals surface area contributed by atoms with Crippen molar-refractivity contribution < 1.29 is 4.74 Å². The first-order valence-corrected chi connectivity index (χ1v) is 6.04. The molecule has 0 atom stereocenters. The van der Waals surface area contributed by atoms with E-state index in [0.29, 0.717) is 10.6 Å². The van der Waals surface area contributed by atoms with Gasteiger partial charge in [-0.1, -0.05) is 0 Å². The van der Waals surface area contributed by atoms with Crippen LogP contribution in [0.4, 0.5) is 0 Å². The minimum atomic E-state index is 0.617. The number of thiazole rings is 1. The molecule has 17 heavy (non-hydrogen) atoms. The third-order valence-corrected chi connectivity index (χ3v) is 3.47. The van der Waals surface area contributed by atoms with Gasteiger partial charge in [-0.05, 0) is 37.1 Å². The molecule has 1 aromatic heterocycles. The first-order chi connectivity index (χ1) is 8.17. The van der Waals surface area contributed by atoms with Crippen molar-refractivity contribution in [1.82, 2.24) is 4.98 Å². The lowest BCUT2D eigenvalue weighted by Crippen LogP contribution is -1.92. The normalized spacial score (nSPS) is 10.0. The molecule has 4 heteroatoms. The fourth-order valence-corrected chi connectivity index (χ4v) is 2.25. The van der Waals surface area contributed by atoms with Crippen LogP contribution >= 0.6 is 11.3 Å². The number of hydrogen-bond donors (Lipinski definition) is 0. The number of methoxy groups -OCH3 is 1. The van der Waals surface area contributed by atoms with Gasteiger partial charge in [-0.15, -0.1) is 11.3 Å². The third-order valence-electron chi connectivity index (χ3n) is 2.74. The van der Waals surface area contributed by atoms with Crippen molar-refractivity contribution >= 4 is 11.3 Å². The molecule has 86 valence electrons. The zero-order valence-electron chi connectivity index (χ0n) is 9.94. The predicted octanol–water partition coefficient (Wildman–Crippen LogP) is 3.31. The first kappa shape index (κ1) is 11.6. The summed E-state index contributed by atoms with van der Waals surface area (Å²) in [6, 6.07) is 6.16. The van der Waals surface area contributed by atoms with Crippen LogP contribution in [0.15, 0.2) is 17.6 Å². The fourth-order valence-electron chi connectivity index (χ4n) is 1.66. The van der Waals surface area contributed by atoms with Gasteiger partial charge in [0.25, 0.3) is 0 Å².